The Morgan fingerprint density at radius 3 is 2.67 bits per heavy atom. The van der Waals surface area contributed by atoms with E-state index in [1.165, 1.54) is 0 Å². The summed E-state index contributed by atoms with van der Waals surface area (Å²) < 4.78 is 0.958. The van der Waals surface area contributed by atoms with Crippen molar-refractivity contribution in [2.24, 2.45) is 0 Å². The van der Waals surface area contributed by atoms with E-state index in [0.29, 0.717) is 11.4 Å². The highest BCUT2D eigenvalue weighted by molar-refractivity contribution is 9.10. The van der Waals surface area contributed by atoms with Gasteiger partial charge in [0.1, 0.15) is 0 Å². The van der Waals surface area contributed by atoms with Crippen molar-refractivity contribution in [2.75, 3.05) is 0 Å². The standard InChI is InChI=1S/C15H12BrClO/c1-10-13(6-3-7-14(10)16)15(18)9-11-4-2-5-12(17)8-11/h2-8H,9H2,1H3. The molecule has 0 saturated carbocycles. The Morgan fingerprint density at radius 1 is 1.22 bits per heavy atom. The zero-order valence-corrected chi connectivity index (χ0v) is 12.3. The maximum atomic E-state index is 12.2. The second kappa shape index (κ2) is 5.68. The van der Waals surface area contributed by atoms with Gasteiger partial charge in [-0.15, -0.1) is 0 Å². The monoisotopic (exact) mass is 322 g/mol. The number of Topliss-reactive ketones (excluding diaryl/α,β-unsaturated/α-hetero) is 1. The quantitative estimate of drug-likeness (QED) is 0.739. The van der Waals surface area contributed by atoms with Gasteiger partial charge in [-0.1, -0.05) is 51.8 Å². The summed E-state index contributed by atoms with van der Waals surface area (Å²) in [7, 11) is 0. The summed E-state index contributed by atoms with van der Waals surface area (Å²) in [4.78, 5) is 12.2. The smallest absolute Gasteiger partial charge is 0.167 e. The highest BCUT2D eigenvalue weighted by atomic mass is 79.9. The van der Waals surface area contributed by atoms with Crippen LogP contribution in [0.15, 0.2) is 46.9 Å². The molecule has 0 aliphatic carbocycles. The number of rotatable bonds is 3. The summed E-state index contributed by atoms with van der Waals surface area (Å²) >= 11 is 9.35. The van der Waals surface area contributed by atoms with Gasteiger partial charge in [0.15, 0.2) is 5.78 Å². The van der Waals surface area contributed by atoms with Gasteiger partial charge in [-0.2, -0.15) is 0 Å². The molecule has 0 aliphatic heterocycles. The second-order valence-corrected chi connectivity index (χ2v) is 5.43. The molecule has 2 aromatic rings. The maximum Gasteiger partial charge on any atom is 0.167 e. The van der Waals surface area contributed by atoms with E-state index in [9.17, 15) is 4.79 Å². The Morgan fingerprint density at radius 2 is 1.94 bits per heavy atom. The summed E-state index contributed by atoms with van der Waals surface area (Å²) in [5, 5.41) is 0.659. The Hall–Kier alpha value is -1.12. The lowest BCUT2D eigenvalue weighted by atomic mass is 9.99. The number of hydrogen-bond donors (Lipinski definition) is 0. The minimum absolute atomic E-state index is 0.107. The summed E-state index contributed by atoms with van der Waals surface area (Å²) in [6.45, 7) is 1.94. The molecule has 1 nitrogen and oxygen atoms in total. The molecule has 0 bridgehead atoms. The van der Waals surface area contributed by atoms with Gasteiger partial charge in [0, 0.05) is 21.5 Å². The first-order valence-corrected chi connectivity index (χ1v) is 6.78. The first kappa shape index (κ1) is 13.3. The van der Waals surface area contributed by atoms with Crippen LogP contribution in [0.4, 0.5) is 0 Å². The molecule has 0 N–H and O–H groups in total. The summed E-state index contributed by atoms with van der Waals surface area (Å²) in [5.41, 5.74) is 2.67. The van der Waals surface area contributed by atoms with Crippen molar-refractivity contribution >= 4 is 33.3 Å². The Balaban J connectivity index is 2.25. The normalized spacial score (nSPS) is 10.4. The van der Waals surface area contributed by atoms with Crippen molar-refractivity contribution in [3.63, 3.8) is 0 Å². The third kappa shape index (κ3) is 3.01. The minimum atomic E-state index is 0.107. The zero-order chi connectivity index (χ0) is 13.1. The van der Waals surface area contributed by atoms with Crippen LogP contribution in [0.2, 0.25) is 5.02 Å². The molecule has 0 atom stereocenters. The van der Waals surface area contributed by atoms with E-state index in [4.69, 9.17) is 11.6 Å². The van der Waals surface area contributed by atoms with Crippen LogP contribution in [0.5, 0.6) is 0 Å². The van der Waals surface area contributed by atoms with Crippen molar-refractivity contribution in [3.05, 3.63) is 68.7 Å². The number of benzene rings is 2. The molecule has 0 spiro atoms. The topological polar surface area (TPSA) is 17.1 Å². The Bertz CT molecular complexity index is 593. The lowest BCUT2D eigenvalue weighted by Gasteiger charge is -2.07. The third-order valence-corrected chi connectivity index (χ3v) is 3.92. The van der Waals surface area contributed by atoms with E-state index < -0.39 is 0 Å². The van der Waals surface area contributed by atoms with Gasteiger partial charge < -0.3 is 0 Å². The molecular formula is C15H12BrClO. The number of ketones is 1. The predicted octanol–water partition coefficient (Wildman–Crippen LogP) is 4.84. The van der Waals surface area contributed by atoms with Gasteiger partial charge in [-0.3, -0.25) is 4.79 Å². The highest BCUT2D eigenvalue weighted by Crippen LogP contribution is 2.21. The average Bonchev–Trinajstić information content (AvgIpc) is 2.32. The van der Waals surface area contributed by atoms with Crippen molar-refractivity contribution in [2.45, 2.75) is 13.3 Å². The molecular weight excluding hydrogens is 312 g/mol. The molecule has 2 rings (SSSR count). The van der Waals surface area contributed by atoms with Crippen LogP contribution in [-0.2, 0) is 6.42 Å². The number of halogens is 2. The third-order valence-electron chi connectivity index (χ3n) is 2.82. The summed E-state index contributed by atoms with van der Waals surface area (Å²) in [6, 6.07) is 13.1. The average molecular weight is 324 g/mol. The minimum Gasteiger partial charge on any atom is -0.294 e. The number of hydrogen-bond acceptors (Lipinski definition) is 1. The number of carbonyl (C=O) groups excluding carboxylic acids is 1. The Labute approximate surface area is 120 Å². The van der Waals surface area contributed by atoms with E-state index >= 15 is 0 Å². The van der Waals surface area contributed by atoms with Gasteiger partial charge in [-0.25, -0.2) is 0 Å². The molecule has 0 radical (unpaired) electrons. The maximum absolute atomic E-state index is 12.2. The van der Waals surface area contributed by atoms with Gasteiger partial charge in [0.25, 0.3) is 0 Å². The van der Waals surface area contributed by atoms with Crippen LogP contribution in [0.3, 0.4) is 0 Å². The van der Waals surface area contributed by atoms with Crippen molar-refractivity contribution in [1.82, 2.24) is 0 Å². The molecule has 0 amide bonds. The molecule has 18 heavy (non-hydrogen) atoms. The fourth-order valence-corrected chi connectivity index (χ4v) is 2.42. The van der Waals surface area contributed by atoms with E-state index in [1.807, 2.05) is 43.3 Å². The fourth-order valence-electron chi connectivity index (χ4n) is 1.84. The lowest BCUT2D eigenvalue weighted by Crippen LogP contribution is -2.05. The molecule has 0 saturated heterocycles. The van der Waals surface area contributed by atoms with Crippen LogP contribution in [0, 0.1) is 6.92 Å². The highest BCUT2D eigenvalue weighted by Gasteiger charge is 2.11. The van der Waals surface area contributed by atoms with E-state index in [1.54, 1.807) is 6.07 Å². The second-order valence-electron chi connectivity index (χ2n) is 4.14. The molecule has 0 aromatic heterocycles. The van der Waals surface area contributed by atoms with Gasteiger partial charge in [0.2, 0.25) is 0 Å². The van der Waals surface area contributed by atoms with Crippen LogP contribution in [0.1, 0.15) is 21.5 Å². The van der Waals surface area contributed by atoms with Gasteiger partial charge in [0.05, 0.1) is 0 Å². The van der Waals surface area contributed by atoms with Crippen LogP contribution in [0.25, 0.3) is 0 Å². The molecule has 0 aliphatic rings. The zero-order valence-electron chi connectivity index (χ0n) is 9.91. The van der Waals surface area contributed by atoms with Crippen LogP contribution in [-0.4, -0.2) is 5.78 Å². The first-order valence-electron chi connectivity index (χ1n) is 5.60. The lowest BCUT2D eigenvalue weighted by molar-refractivity contribution is 0.0992. The van der Waals surface area contributed by atoms with Gasteiger partial charge in [-0.05, 0) is 36.2 Å². The SMILES string of the molecule is Cc1c(Br)cccc1C(=O)Cc1cccc(Cl)c1. The van der Waals surface area contributed by atoms with Crippen LogP contribution >= 0.6 is 27.5 Å². The van der Waals surface area contributed by atoms with Crippen LogP contribution < -0.4 is 0 Å². The molecule has 0 unspecified atom stereocenters. The molecule has 92 valence electrons. The van der Waals surface area contributed by atoms with Crippen molar-refractivity contribution in [1.29, 1.82) is 0 Å². The van der Waals surface area contributed by atoms with Gasteiger partial charge >= 0.3 is 0 Å². The van der Waals surface area contributed by atoms with Crippen molar-refractivity contribution in [3.8, 4) is 0 Å². The molecule has 3 heteroatoms. The number of carbonyl (C=O) groups is 1. The predicted molar refractivity (Wildman–Crippen MR) is 78.4 cm³/mol. The largest absolute Gasteiger partial charge is 0.294 e. The molecule has 0 heterocycles. The Kier molecular flexibility index (Phi) is 4.20. The summed E-state index contributed by atoms with van der Waals surface area (Å²) in [6.07, 6.45) is 0.373. The van der Waals surface area contributed by atoms with Crippen molar-refractivity contribution < 1.29 is 4.79 Å². The molecule has 2 aromatic carbocycles. The van der Waals surface area contributed by atoms with E-state index in [2.05, 4.69) is 15.9 Å². The first-order chi connectivity index (χ1) is 8.58. The fraction of sp³-hybridized carbons (Fsp3) is 0.133. The molecule has 0 fully saturated rings. The summed E-state index contributed by atoms with van der Waals surface area (Å²) in [5.74, 6) is 0.107. The van der Waals surface area contributed by atoms with E-state index in [-0.39, 0.29) is 5.78 Å². The van der Waals surface area contributed by atoms with E-state index in [0.717, 1.165) is 21.2 Å².